The summed E-state index contributed by atoms with van der Waals surface area (Å²) in [7, 11) is 0. The van der Waals surface area contributed by atoms with Crippen LogP contribution in [0.25, 0.3) is 0 Å². The molecule has 2 atom stereocenters. The van der Waals surface area contributed by atoms with Gasteiger partial charge in [0.05, 0.1) is 6.10 Å². The first kappa shape index (κ1) is 12.4. The van der Waals surface area contributed by atoms with Gasteiger partial charge in [0, 0.05) is 11.8 Å². The van der Waals surface area contributed by atoms with Crippen molar-refractivity contribution in [3.63, 3.8) is 0 Å². The van der Waals surface area contributed by atoms with Crippen LogP contribution in [-0.2, 0) is 0 Å². The first-order valence-corrected chi connectivity index (χ1v) is 5.29. The third-order valence-electron chi connectivity index (χ3n) is 2.29. The van der Waals surface area contributed by atoms with E-state index in [1.54, 1.807) is 0 Å². The molecule has 0 aliphatic heterocycles. The highest BCUT2D eigenvalue weighted by molar-refractivity contribution is 7.80. The largest absolute Gasteiger partial charge is 0.390 e. The maximum Gasteiger partial charge on any atom is 0.216 e. The van der Waals surface area contributed by atoms with Gasteiger partial charge in [0.1, 0.15) is 6.10 Å². The summed E-state index contributed by atoms with van der Waals surface area (Å²) < 4.78 is 13.1. The molecule has 0 saturated heterocycles. The first-order valence-electron chi connectivity index (χ1n) is 4.66. The summed E-state index contributed by atoms with van der Waals surface area (Å²) in [5.41, 5.74) is 0.639. The van der Waals surface area contributed by atoms with E-state index < -0.39 is 18.2 Å². The molecule has 1 aromatic heterocycles. The number of hydrogen-bond donors (Lipinski definition) is 3. The molecule has 0 saturated carbocycles. The van der Waals surface area contributed by atoms with E-state index in [1.807, 2.05) is 0 Å². The van der Waals surface area contributed by atoms with Gasteiger partial charge >= 0.3 is 0 Å². The number of thiol groups is 1. The summed E-state index contributed by atoms with van der Waals surface area (Å²) in [5, 5.41) is 19.3. The topological polar surface area (TPSA) is 53.4 Å². The molecule has 1 rings (SSSR count). The summed E-state index contributed by atoms with van der Waals surface area (Å²) in [6.07, 6.45) is -0.389. The first-order chi connectivity index (χ1) is 7.07. The van der Waals surface area contributed by atoms with E-state index in [0.29, 0.717) is 17.7 Å². The Morgan fingerprint density at radius 1 is 1.53 bits per heavy atom. The van der Waals surface area contributed by atoms with Gasteiger partial charge in [-0.1, -0.05) is 0 Å². The van der Waals surface area contributed by atoms with Crippen LogP contribution < -0.4 is 0 Å². The third kappa shape index (κ3) is 2.90. The zero-order valence-corrected chi connectivity index (χ0v) is 9.28. The summed E-state index contributed by atoms with van der Waals surface area (Å²) in [4.78, 5) is 3.45. The molecular weight excluding hydrogens is 217 g/mol. The number of pyridine rings is 1. The van der Waals surface area contributed by atoms with Crippen LogP contribution in [0.4, 0.5) is 4.39 Å². The van der Waals surface area contributed by atoms with E-state index in [2.05, 4.69) is 17.6 Å². The zero-order chi connectivity index (χ0) is 11.4. The van der Waals surface area contributed by atoms with Crippen molar-refractivity contribution in [1.82, 2.24) is 4.98 Å². The molecule has 5 heteroatoms. The lowest BCUT2D eigenvalue weighted by Gasteiger charge is -2.18. The van der Waals surface area contributed by atoms with Crippen LogP contribution in [0.5, 0.6) is 0 Å². The number of aliphatic hydroxyl groups excluding tert-OH is 2. The summed E-state index contributed by atoms with van der Waals surface area (Å²) in [6, 6.07) is 1.50. The van der Waals surface area contributed by atoms with E-state index in [4.69, 9.17) is 0 Å². The van der Waals surface area contributed by atoms with Gasteiger partial charge in [-0.05, 0) is 30.7 Å². The van der Waals surface area contributed by atoms with Crippen molar-refractivity contribution < 1.29 is 14.6 Å². The molecule has 84 valence electrons. The minimum atomic E-state index is -1.09. The highest BCUT2D eigenvalue weighted by Gasteiger charge is 2.20. The second kappa shape index (κ2) is 5.44. The second-order valence-electron chi connectivity index (χ2n) is 3.34. The van der Waals surface area contributed by atoms with Crippen LogP contribution in [0.3, 0.4) is 0 Å². The lowest BCUT2D eigenvalue weighted by atomic mass is 10.00. The summed E-state index contributed by atoms with van der Waals surface area (Å²) in [6.45, 7) is 1.52. The van der Waals surface area contributed by atoms with Crippen LogP contribution >= 0.6 is 12.6 Å². The van der Waals surface area contributed by atoms with Gasteiger partial charge in [-0.3, -0.25) is 0 Å². The van der Waals surface area contributed by atoms with Gasteiger partial charge in [0.2, 0.25) is 5.95 Å². The van der Waals surface area contributed by atoms with E-state index in [1.165, 1.54) is 19.2 Å². The molecule has 0 bridgehead atoms. The molecule has 0 fully saturated rings. The molecule has 0 amide bonds. The lowest BCUT2D eigenvalue weighted by Crippen LogP contribution is -2.20. The number of hydrogen-bond acceptors (Lipinski definition) is 4. The molecule has 2 N–H and O–H groups in total. The molecule has 0 aliphatic carbocycles. The molecule has 2 unspecified atom stereocenters. The standard InChI is InChI=1S/C10H14FNO2S/c1-6-7(2-4-12-10(6)11)9(14)8(13)3-5-15/h2,4,8-9,13-15H,3,5H2,1H3. The Bertz CT molecular complexity index is 335. The second-order valence-corrected chi connectivity index (χ2v) is 3.79. The minimum absolute atomic E-state index is 0.267. The number of rotatable bonds is 4. The normalized spacial score (nSPS) is 15.0. The maximum atomic E-state index is 13.1. The Balaban J connectivity index is 2.90. The number of aromatic nitrogens is 1. The van der Waals surface area contributed by atoms with Gasteiger partial charge < -0.3 is 10.2 Å². The van der Waals surface area contributed by atoms with Crippen molar-refractivity contribution in [2.45, 2.75) is 25.6 Å². The van der Waals surface area contributed by atoms with Crippen LogP contribution in [0, 0.1) is 12.9 Å². The fourth-order valence-corrected chi connectivity index (χ4v) is 1.61. The fourth-order valence-electron chi connectivity index (χ4n) is 1.34. The Kier molecular flexibility index (Phi) is 4.50. The highest BCUT2D eigenvalue weighted by atomic mass is 32.1. The predicted molar refractivity (Wildman–Crippen MR) is 58.4 cm³/mol. The predicted octanol–water partition coefficient (Wildman–Crippen LogP) is 1.24. The van der Waals surface area contributed by atoms with Crippen molar-refractivity contribution >= 4 is 12.6 Å². The Morgan fingerprint density at radius 3 is 2.80 bits per heavy atom. The molecule has 0 aliphatic rings. The molecule has 1 heterocycles. The Labute approximate surface area is 93.4 Å². The van der Waals surface area contributed by atoms with Gasteiger partial charge in [-0.15, -0.1) is 0 Å². The SMILES string of the molecule is Cc1c(C(O)C(O)CCS)ccnc1F. The molecule has 0 spiro atoms. The number of aliphatic hydroxyl groups is 2. The van der Waals surface area contributed by atoms with Crippen LogP contribution in [0.2, 0.25) is 0 Å². The van der Waals surface area contributed by atoms with Gasteiger partial charge in [-0.2, -0.15) is 17.0 Å². The quantitative estimate of drug-likeness (QED) is 0.540. The molecule has 0 aromatic carbocycles. The summed E-state index contributed by atoms with van der Waals surface area (Å²) >= 11 is 3.96. The molecule has 1 aromatic rings. The molecule has 15 heavy (non-hydrogen) atoms. The average Bonchev–Trinajstić information content (AvgIpc) is 2.21. The highest BCUT2D eigenvalue weighted by Crippen LogP contribution is 2.23. The molecular formula is C10H14FNO2S. The van der Waals surface area contributed by atoms with Crippen molar-refractivity contribution in [3.05, 3.63) is 29.3 Å². The fraction of sp³-hybridized carbons (Fsp3) is 0.500. The van der Waals surface area contributed by atoms with Crippen LogP contribution in [-0.4, -0.2) is 27.1 Å². The third-order valence-corrected chi connectivity index (χ3v) is 2.55. The van der Waals surface area contributed by atoms with Crippen LogP contribution in [0.15, 0.2) is 12.3 Å². The Morgan fingerprint density at radius 2 is 2.20 bits per heavy atom. The van der Waals surface area contributed by atoms with Crippen LogP contribution in [0.1, 0.15) is 23.7 Å². The van der Waals surface area contributed by atoms with E-state index in [0.717, 1.165) is 0 Å². The van der Waals surface area contributed by atoms with Gasteiger partial charge in [0.15, 0.2) is 0 Å². The van der Waals surface area contributed by atoms with Gasteiger partial charge in [-0.25, -0.2) is 4.98 Å². The van der Waals surface area contributed by atoms with E-state index in [9.17, 15) is 14.6 Å². The van der Waals surface area contributed by atoms with Crippen molar-refractivity contribution in [2.75, 3.05) is 5.75 Å². The van der Waals surface area contributed by atoms with E-state index >= 15 is 0 Å². The van der Waals surface area contributed by atoms with Crippen molar-refractivity contribution in [2.24, 2.45) is 0 Å². The van der Waals surface area contributed by atoms with Gasteiger partial charge in [0.25, 0.3) is 0 Å². The monoisotopic (exact) mass is 231 g/mol. The zero-order valence-electron chi connectivity index (χ0n) is 8.39. The number of nitrogens with zero attached hydrogens (tertiary/aromatic N) is 1. The Hall–Kier alpha value is -0.650. The molecule has 0 radical (unpaired) electrons. The average molecular weight is 231 g/mol. The van der Waals surface area contributed by atoms with Crippen molar-refractivity contribution in [1.29, 1.82) is 0 Å². The number of halogens is 1. The van der Waals surface area contributed by atoms with E-state index in [-0.39, 0.29) is 5.56 Å². The maximum absolute atomic E-state index is 13.1. The smallest absolute Gasteiger partial charge is 0.216 e. The van der Waals surface area contributed by atoms with Crippen molar-refractivity contribution in [3.8, 4) is 0 Å². The lowest BCUT2D eigenvalue weighted by molar-refractivity contribution is 0.0166. The minimum Gasteiger partial charge on any atom is -0.390 e. The molecule has 3 nitrogen and oxygen atoms in total. The summed E-state index contributed by atoms with van der Waals surface area (Å²) in [5.74, 6) is -0.158.